The van der Waals surface area contributed by atoms with Gasteiger partial charge in [-0.1, -0.05) is 84.4 Å². The molecular weight excluding hydrogens is 466 g/mol. The van der Waals surface area contributed by atoms with Crippen LogP contribution in [0.3, 0.4) is 0 Å². The first kappa shape index (κ1) is 20.8. The molecule has 37 heavy (non-hydrogen) atoms. The smallest absolute Gasteiger partial charge is 0.0547 e. The summed E-state index contributed by atoms with van der Waals surface area (Å²) in [6.07, 6.45) is 0. The summed E-state index contributed by atoms with van der Waals surface area (Å²) in [7, 11) is 0. The maximum Gasteiger partial charge on any atom is 0.0547 e. The van der Waals surface area contributed by atoms with Gasteiger partial charge in [0.05, 0.1) is 11.0 Å². The van der Waals surface area contributed by atoms with Gasteiger partial charge in [0, 0.05) is 42.0 Å². The molecule has 0 unspecified atom stereocenters. The number of benzene rings is 6. The molecule has 0 spiro atoms. The quantitative estimate of drug-likeness (QED) is 0.228. The molecule has 0 saturated heterocycles. The summed E-state index contributed by atoms with van der Waals surface area (Å²) in [6.45, 7) is 2.16. The fraction of sp³-hybridized carbons (Fsp3) is 0.0286. The second kappa shape index (κ2) is 7.80. The molecule has 0 atom stereocenters. The third-order valence-corrected chi connectivity index (χ3v) is 8.83. The summed E-state index contributed by atoms with van der Waals surface area (Å²) in [5.41, 5.74) is 7.46. The molecule has 2 heterocycles. The lowest BCUT2D eigenvalue weighted by atomic mass is 10.00. The van der Waals surface area contributed by atoms with Gasteiger partial charge in [-0.05, 0) is 65.9 Å². The van der Waals surface area contributed by atoms with Crippen LogP contribution in [0.1, 0.15) is 5.56 Å². The molecule has 0 aliphatic carbocycles. The minimum Gasteiger partial charge on any atom is -0.309 e. The number of rotatable bonds is 2. The lowest BCUT2D eigenvalue weighted by Crippen LogP contribution is -1.93. The Bertz CT molecular complexity index is 2140. The van der Waals surface area contributed by atoms with Crippen LogP contribution in [0.5, 0.6) is 0 Å². The number of hydrogen-bond acceptors (Lipinski definition) is 1. The van der Waals surface area contributed by atoms with Crippen molar-refractivity contribution in [1.29, 1.82) is 0 Å². The highest BCUT2D eigenvalue weighted by Crippen LogP contribution is 2.42. The minimum atomic E-state index is 1.19. The van der Waals surface area contributed by atoms with Gasteiger partial charge in [0.2, 0.25) is 0 Å². The molecule has 0 fully saturated rings. The van der Waals surface area contributed by atoms with Crippen molar-refractivity contribution in [3.8, 4) is 16.8 Å². The Hall–Kier alpha value is -4.40. The van der Waals surface area contributed by atoms with Gasteiger partial charge in [0.25, 0.3) is 0 Å². The largest absolute Gasteiger partial charge is 0.309 e. The Morgan fingerprint density at radius 1 is 0.514 bits per heavy atom. The predicted octanol–water partition coefficient (Wildman–Crippen LogP) is 10.3. The molecule has 0 amide bonds. The van der Waals surface area contributed by atoms with Crippen LogP contribution < -0.4 is 0 Å². The second-order valence-corrected chi connectivity index (χ2v) is 11.0. The Morgan fingerprint density at radius 2 is 1.32 bits per heavy atom. The third kappa shape index (κ3) is 3.09. The van der Waals surface area contributed by atoms with E-state index in [9.17, 15) is 0 Å². The molecule has 0 aliphatic heterocycles. The molecule has 8 aromatic rings. The van der Waals surface area contributed by atoms with E-state index in [1.807, 2.05) is 11.3 Å². The summed E-state index contributed by atoms with van der Waals surface area (Å²) in [5.74, 6) is 0. The van der Waals surface area contributed by atoms with E-state index in [0.29, 0.717) is 0 Å². The minimum absolute atomic E-state index is 1.19. The van der Waals surface area contributed by atoms with Gasteiger partial charge >= 0.3 is 0 Å². The zero-order valence-electron chi connectivity index (χ0n) is 20.4. The van der Waals surface area contributed by atoms with Crippen molar-refractivity contribution < 1.29 is 0 Å². The molecule has 0 radical (unpaired) electrons. The molecule has 1 nitrogen and oxygen atoms in total. The van der Waals surface area contributed by atoms with Crippen molar-refractivity contribution in [3.63, 3.8) is 0 Å². The Kier molecular flexibility index (Phi) is 4.37. The third-order valence-electron chi connectivity index (χ3n) is 7.61. The van der Waals surface area contributed by atoms with Gasteiger partial charge in [-0.2, -0.15) is 0 Å². The van der Waals surface area contributed by atoms with Crippen LogP contribution in [0.2, 0.25) is 0 Å². The Labute approximate surface area is 218 Å². The van der Waals surface area contributed by atoms with Crippen molar-refractivity contribution in [3.05, 3.63) is 127 Å². The first-order valence-electron chi connectivity index (χ1n) is 12.7. The molecule has 6 aromatic carbocycles. The van der Waals surface area contributed by atoms with E-state index < -0.39 is 0 Å². The maximum absolute atomic E-state index is 2.43. The summed E-state index contributed by atoms with van der Waals surface area (Å²) in [6, 6.07) is 44.6. The summed E-state index contributed by atoms with van der Waals surface area (Å²) < 4.78 is 5.13. The van der Waals surface area contributed by atoms with Gasteiger partial charge in [-0.25, -0.2) is 0 Å². The second-order valence-electron chi connectivity index (χ2n) is 9.90. The molecule has 2 heteroatoms. The van der Waals surface area contributed by atoms with Gasteiger partial charge in [0.15, 0.2) is 0 Å². The van der Waals surface area contributed by atoms with Gasteiger partial charge in [-0.15, -0.1) is 11.3 Å². The summed E-state index contributed by atoms with van der Waals surface area (Å²) in [4.78, 5) is 0. The van der Waals surface area contributed by atoms with Gasteiger partial charge < -0.3 is 4.57 Å². The van der Waals surface area contributed by atoms with E-state index in [1.54, 1.807) is 0 Å². The lowest BCUT2D eigenvalue weighted by Gasteiger charge is -2.09. The number of nitrogens with zero attached hydrogens (tertiary/aromatic N) is 1. The number of hydrogen-bond donors (Lipinski definition) is 0. The molecule has 0 N–H and O–H groups in total. The van der Waals surface area contributed by atoms with Crippen LogP contribution >= 0.6 is 11.3 Å². The monoisotopic (exact) mass is 489 g/mol. The van der Waals surface area contributed by atoms with E-state index in [1.165, 1.54) is 75.1 Å². The standard InChI is InChI=1S/C35H23NS/c1-22-8-7-9-23(18-22)24-15-17-32-30(19-24)31-21-29-25(20-33(31)36(32)26-10-3-2-4-11-26)14-16-28-27-12-5-6-13-34(27)37-35(28)29/h2-21H,1H3. The number of aryl methyl sites for hydroxylation is 1. The van der Waals surface area contributed by atoms with Crippen LogP contribution in [-0.2, 0) is 0 Å². The highest BCUT2D eigenvalue weighted by molar-refractivity contribution is 7.26. The normalized spacial score (nSPS) is 11.9. The van der Waals surface area contributed by atoms with E-state index in [0.717, 1.165) is 0 Å². The summed E-state index contributed by atoms with van der Waals surface area (Å²) >= 11 is 1.90. The van der Waals surface area contributed by atoms with Gasteiger partial charge in [0.1, 0.15) is 0 Å². The van der Waals surface area contributed by atoms with Crippen molar-refractivity contribution in [2.24, 2.45) is 0 Å². The molecule has 0 saturated carbocycles. The van der Waals surface area contributed by atoms with E-state index in [2.05, 4.69) is 133 Å². The van der Waals surface area contributed by atoms with Crippen molar-refractivity contribution in [2.75, 3.05) is 0 Å². The fourth-order valence-electron chi connectivity index (χ4n) is 5.88. The SMILES string of the molecule is Cc1cccc(-c2ccc3c(c2)c2cc4c(ccc5c6ccccc6sc45)cc2n3-c2ccccc2)c1. The van der Waals surface area contributed by atoms with E-state index in [4.69, 9.17) is 0 Å². The van der Waals surface area contributed by atoms with Crippen LogP contribution in [0, 0.1) is 6.92 Å². The maximum atomic E-state index is 2.43. The Morgan fingerprint density at radius 3 is 2.22 bits per heavy atom. The predicted molar refractivity (Wildman–Crippen MR) is 161 cm³/mol. The van der Waals surface area contributed by atoms with E-state index >= 15 is 0 Å². The number of fused-ring (bicyclic) bond motifs is 8. The number of thiophene rings is 1. The highest BCUT2D eigenvalue weighted by Gasteiger charge is 2.16. The van der Waals surface area contributed by atoms with Crippen LogP contribution in [0.4, 0.5) is 0 Å². The average Bonchev–Trinajstić information content (AvgIpc) is 3.47. The molecule has 8 rings (SSSR count). The van der Waals surface area contributed by atoms with Crippen LogP contribution in [0.15, 0.2) is 121 Å². The molecule has 2 aromatic heterocycles. The molecule has 0 bridgehead atoms. The van der Waals surface area contributed by atoms with E-state index in [-0.39, 0.29) is 0 Å². The summed E-state index contributed by atoms with van der Waals surface area (Å²) in [5, 5.41) is 7.89. The Balaban J connectivity index is 1.51. The highest BCUT2D eigenvalue weighted by atomic mass is 32.1. The topological polar surface area (TPSA) is 4.93 Å². The van der Waals surface area contributed by atoms with Crippen molar-refractivity contribution in [2.45, 2.75) is 6.92 Å². The van der Waals surface area contributed by atoms with Crippen molar-refractivity contribution >= 4 is 64.1 Å². The molecule has 0 aliphatic rings. The number of para-hydroxylation sites is 1. The average molecular weight is 490 g/mol. The van der Waals surface area contributed by atoms with Crippen LogP contribution in [0.25, 0.3) is 69.6 Å². The first-order valence-corrected chi connectivity index (χ1v) is 13.5. The zero-order chi connectivity index (χ0) is 24.5. The van der Waals surface area contributed by atoms with Gasteiger partial charge in [-0.3, -0.25) is 0 Å². The molecule has 174 valence electrons. The first-order chi connectivity index (χ1) is 18.2. The zero-order valence-corrected chi connectivity index (χ0v) is 21.2. The fourth-order valence-corrected chi connectivity index (χ4v) is 7.11. The number of aromatic nitrogens is 1. The van der Waals surface area contributed by atoms with Crippen LogP contribution in [-0.4, -0.2) is 4.57 Å². The lowest BCUT2D eigenvalue weighted by molar-refractivity contribution is 1.18. The molecular formula is C35H23NS. The van der Waals surface area contributed by atoms with Crippen molar-refractivity contribution in [1.82, 2.24) is 4.57 Å².